The highest BCUT2D eigenvalue weighted by atomic mass is 16.5. The lowest BCUT2D eigenvalue weighted by atomic mass is 9.75. The second-order valence-electron chi connectivity index (χ2n) is 5.91. The molecule has 4 atom stereocenters. The van der Waals surface area contributed by atoms with Gasteiger partial charge in [-0.2, -0.15) is 0 Å². The van der Waals surface area contributed by atoms with Gasteiger partial charge in [-0.3, -0.25) is 4.79 Å². The normalized spacial score (nSPS) is 31.3. The minimum absolute atomic E-state index is 0.0463. The fourth-order valence-corrected chi connectivity index (χ4v) is 2.71. The Kier molecular flexibility index (Phi) is 5.44. The van der Waals surface area contributed by atoms with Gasteiger partial charge in [0, 0.05) is 0 Å². The molecule has 1 aliphatic carbocycles. The molecular weight excluding hydrogens is 216 g/mol. The van der Waals surface area contributed by atoms with Gasteiger partial charge in [0.05, 0.1) is 12.5 Å². The minimum Gasteiger partial charge on any atom is -0.462 e. The summed E-state index contributed by atoms with van der Waals surface area (Å²) in [6, 6.07) is 0. The molecule has 1 rings (SSSR count). The first-order chi connectivity index (χ1) is 7.90. The molecule has 0 spiro atoms. The molecule has 1 saturated carbocycles. The molecule has 0 saturated heterocycles. The van der Waals surface area contributed by atoms with Crippen LogP contribution >= 0.6 is 0 Å². The van der Waals surface area contributed by atoms with Crippen molar-refractivity contribution >= 4 is 5.97 Å². The molecule has 0 aromatic heterocycles. The molecule has 1 aliphatic rings. The molecule has 0 amide bonds. The molecule has 17 heavy (non-hydrogen) atoms. The Labute approximate surface area is 105 Å². The van der Waals surface area contributed by atoms with Crippen LogP contribution in [-0.4, -0.2) is 23.3 Å². The van der Waals surface area contributed by atoms with Crippen molar-refractivity contribution < 1.29 is 14.6 Å². The van der Waals surface area contributed by atoms with Crippen LogP contribution in [0.5, 0.6) is 0 Å². The standard InChI is InChI=1S/C14H26O3/c1-9(2)12-6-5-10(3)7-13(12)17-14(16)8-11(4)15/h9-13,15H,5-8H2,1-4H3/t10-,11+,12+,13-/m1/s1. The molecular formula is C14H26O3. The van der Waals surface area contributed by atoms with Crippen LogP contribution in [0, 0.1) is 17.8 Å². The molecule has 0 radical (unpaired) electrons. The Morgan fingerprint density at radius 1 is 1.35 bits per heavy atom. The Balaban J connectivity index is 2.54. The monoisotopic (exact) mass is 242 g/mol. The van der Waals surface area contributed by atoms with Crippen LogP contribution in [0.4, 0.5) is 0 Å². The number of carbonyl (C=O) groups is 1. The Morgan fingerprint density at radius 2 is 2.00 bits per heavy atom. The lowest BCUT2D eigenvalue weighted by molar-refractivity contribution is -0.157. The summed E-state index contributed by atoms with van der Waals surface area (Å²) in [5.41, 5.74) is 0. The average molecular weight is 242 g/mol. The van der Waals surface area contributed by atoms with Crippen LogP contribution in [0.1, 0.15) is 53.4 Å². The smallest absolute Gasteiger partial charge is 0.308 e. The summed E-state index contributed by atoms with van der Waals surface area (Å²) in [6.45, 7) is 8.21. The van der Waals surface area contributed by atoms with E-state index in [1.807, 2.05) is 0 Å². The highest BCUT2D eigenvalue weighted by molar-refractivity contribution is 5.70. The highest BCUT2D eigenvalue weighted by Crippen LogP contribution is 2.35. The zero-order valence-electron chi connectivity index (χ0n) is 11.5. The van der Waals surface area contributed by atoms with Crippen LogP contribution in [0.2, 0.25) is 0 Å². The second kappa shape index (κ2) is 6.39. The lowest BCUT2D eigenvalue weighted by Gasteiger charge is -2.36. The Hall–Kier alpha value is -0.570. The number of aliphatic hydroxyl groups is 1. The van der Waals surface area contributed by atoms with E-state index in [1.54, 1.807) is 6.92 Å². The predicted molar refractivity (Wildman–Crippen MR) is 67.5 cm³/mol. The van der Waals surface area contributed by atoms with Crippen LogP contribution < -0.4 is 0 Å². The van der Waals surface area contributed by atoms with Crippen molar-refractivity contribution in [3.05, 3.63) is 0 Å². The van der Waals surface area contributed by atoms with Gasteiger partial charge in [-0.1, -0.05) is 27.2 Å². The van der Waals surface area contributed by atoms with Gasteiger partial charge in [-0.05, 0) is 37.5 Å². The van der Waals surface area contributed by atoms with Gasteiger partial charge in [0.2, 0.25) is 0 Å². The maximum absolute atomic E-state index is 11.6. The summed E-state index contributed by atoms with van der Waals surface area (Å²) in [7, 11) is 0. The van der Waals surface area contributed by atoms with Crippen LogP contribution in [0.3, 0.4) is 0 Å². The maximum atomic E-state index is 11.6. The van der Waals surface area contributed by atoms with E-state index in [0.717, 1.165) is 12.8 Å². The first kappa shape index (κ1) is 14.5. The van der Waals surface area contributed by atoms with E-state index in [0.29, 0.717) is 17.8 Å². The zero-order chi connectivity index (χ0) is 13.0. The lowest BCUT2D eigenvalue weighted by Crippen LogP contribution is -2.36. The molecule has 100 valence electrons. The molecule has 3 heteroatoms. The first-order valence-corrected chi connectivity index (χ1v) is 6.77. The van der Waals surface area contributed by atoms with E-state index in [1.165, 1.54) is 6.42 Å². The quantitative estimate of drug-likeness (QED) is 0.771. The number of hydrogen-bond donors (Lipinski definition) is 1. The third-order valence-electron chi connectivity index (χ3n) is 3.71. The van der Waals surface area contributed by atoms with Crippen LogP contribution in [0.15, 0.2) is 0 Å². The van der Waals surface area contributed by atoms with E-state index < -0.39 is 6.10 Å². The van der Waals surface area contributed by atoms with Crippen LogP contribution in [0.25, 0.3) is 0 Å². The fraction of sp³-hybridized carbons (Fsp3) is 0.929. The summed E-state index contributed by atoms with van der Waals surface area (Å²) in [5.74, 6) is 1.40. The molecule has 1 fully saturated rings. The van der Waals surface area contributed by atoms with Crippen molar-refractivity contribution in [2.75, 3.05) is 0 Å². The van der Waals surface area contributed by atoms with Gasteiger partial charge in [0.15, 0.2) is 0 Å². The van der Waals surface area contributed by atoms with E-state index in [2.05, 4.69) is 20.8 Å². The molecule has 0 heterocycles. The predicted octanol–water partition coefficient (Wildman–Crippen LogP) is 2.76. The highest BCUT2D eigenvalue weighted by Gasteiger charge is 2.33. The van der Waals surface area contributed by atoms with Gasteiger partial charge in [-0.25, -0.2) is 0 Å². The third-order valence-corrected chi connectivity index (χ3v) is 3.71. The fourth-order valence-electron chi connectivity index (χ4n) is 2.71. The van der Waals surface area contributed by atoms with Gasteiger partial charge in [0.1, 0.15) is 6.10 Å². The third kappa shape index (κ3) is 4.66. The van der Waals surface area contributed by atoms with Crippen molar-refractivity contribution in [2.45, 2.75) is 65.6 Å². The first-order valence-electron chi connectivity index (χ1n) is 6.77. The zero-order valence-corrected chi connectivity index (χ0v) is 11.5. The SMILES string of the molecule is CC(C)[C@@H]1CC[C@@H](C)C[C@H]1OC(=O)C[C@H](C)O. The van der Waals surface area contributed by atoms with Crippen molar-refractivity contribution in [1.29, 1.82) is 0 Å². The number of ether oxygens (including phenoxy) is 1. The van der Waals surface area contributed by atoms with E-state index in [9.17, 15) is 9.90 Å². The van der Waals surface area contributed by atoms with Gasteiger partial charge < -0.3 is 9.84 Å². The molecule has 0 aromatic rings. The summed E-state index contributed by atoms with van der Waals surface area (Å²) < 4.78 is 5.55. The van der Waals surface area contributed by atoms with E-state index in [-0.39, 0.29) is 18.5 Å². The molecule has 0 aliphatic heterocycles. The second-order valence-corrected chi connectivity index (χ2v) is 5.91. The van der Waals surface area contributed by atoms with Crippen molar-refractivity contribution in [2.24, 2.45) is 17.8 Å². The average Bonchev–Trinajstić information content (AvgIpc) is 2.15. The number of rotatable bonds is 4. The van der Waals surface area contributed by atoms with Gasteiger partial charge in [-0.15, -0.1) is 0 Å². The maximum Gasteiger partial charge on any atom is 0.308 e. The van der Waals surface area contributed by atoms with Crippen molar-refractivity contribution in [1.82, 2.24) is 0 Å². The summed E-state index contributed by atoms with van der Waals surface area (Å²) in [6.07, 6.45) is 2.88. The summed E-state index contributed by atoms with van der Waals surface area (Å²) >= 11 is 0. The number of aliphatic hydroxyl groups excluding tert-OH is 1. The number of hydrogen-bond acceptors (Lipinski definition) is 3. The van der Waals surface area contributed by atoms with Crippen molar-refractivity contribution in [3.8, 4) is 0 Å². The summed E-state index contributed by atoms with van der Waals surface area (Å²) in [5, 5.41) is 9.18. The molecule has 0 unspecified atom stereocenters. The number of esters is 1. The number of carbonyl (C=O) groups excluding carboxylic acids is 1. The van der Waals surface area contributed by atoms with E-state index in [4.69, 9.17) is 4.74 Å². The topological polar surface area (TPSA) is 46.5 Å². The van der Waals surface area contributed by atoms with Gasteiger partial charge in [0.25, 0.3) is 0 Å². The molecule has 0 aromatic carbocycles. The van der Waals surface area contributed by atoms with Crippen LogP contribution in [-0.2, 0) is 9.53 Å². The van der Waals surface area contributed by atoms with Crippen molar-refractivity contribution in [3.63, 3.8) is 0 Å². The minimum atomic E-state index is -0.610. The Morgan fingerprint density at radius 3 is 2.53 bits per heavy atom. The largest absolute Gasteiger partial charge is 0.462 e. The summed E-state index contributed by atoms with van der Waals surface area (Å²) in [4.78, 5) is 11.6. The molecule has 3 nitrogen and oxygen atoms in total. The van der Waals surface area contributed by atoms with Gasteiger partial charge >= 0.3 is 5.97 Å². The Bertz CT molecular complexity index is 248. The van der Waals surface area contributed by atoms with E-state index >= 15 is 0 Å². The molecule has 0 bridgehead atoms. The molecule has 1 N–H and O–H groups in total.